The van der Waals surface area contributed by atoms with E-state index in [4.69, 9.17) is 5.73 Å². The molecule has 1 heterocycles. The van der Waals surface area contributed by atoms with Crippen LogP contribution in [0, 0.1) is 18.3 Å². The van der Waals surface area contributed by atoms with Crippen molar-refractivity contribution in [1.82, 2.24) is 0 Å². The van der Waals surface area contributed by atoms with Gasteiger partial charge in [-0.3, -0.25) is 9.59 Å². The molecule has 2 N–H and O–H groups in total. The number of anilines is 2. The number of aryl methyl sites for hydroxylation is 1. The third kappa shape index (κ3) is 1.85. The lowest BCUT2D eigenvalue weighted by Gasteiger charge is -2.15. The number of fused-ring (bicyclic) bond motifs is 1. The minimum absolute atomic E-state index is 0.196. The van der Waals surface area contributed by atoms with Gasteiger partial charge in [-0.15, -0.1) is 0 Å². The lowest BCUT2D eigenvalue weighted by Crippen LogP contribution is -2.30. The van der Waals surface area contributed by atoms with Crippen LogP contribution in [-0.4, -0.2) is 11.8 Å². The molecule has 0 radical (unpaired) electrons. The van der Waals surface area contributed by atoms with Gasteiger partial charge in [0.2, 0.25) is 0 Å². The van der Waals surface area contributed by atoms with Crippen LogP contribution in [-0.2, 0) is 0 Å². The van der Waals surface area contributed by atoms with Gasteiger partial charge in [0, 0.05) is 5.69 Å². The van der Waals surface area contributed by atoms with Gasteiger partial charge in [-0.1, -0.05) is 11.6 Å². The summed E-state index contributed by atoms with van der Waals surface area (Å²) in [5.74, 6) is -0.837. The maximum Gasteiger partial charge on any atom is 0.266 e. The first-order valence-corrected chi connectivity index (χ1v) is 6.32. The van der Waals surface area contributed by atoms with Gasteiger partial charge < -0.3 is 5.73 Å². The van der Waals surface area contributed by atoms with Crippen LogP contribution in [0.3, 0.4) is 0 Å². The summed E-state index contributed by atoms with van der Waals surface area (Å²) in [6.45, 7) is 1.85. The summed E-state index contributed by atoms with van der Waals surface area (Å²) in [6.07, 6.45) is 0. The number of hydrogen-bond acceptors (Lipinski definition) is 4. The standard InChI is InChI=1S/C16H11N3O2/c1-9-2-4-12-13(6-9)16(21)19(15(12)20)14-5-3-11(18)7-10(14)8-17/h2-7H,18H2,1H3. The molecule has 0 aliphatic carbocycles. The van der Waals surface area contributed by atoms with Crippen molar-refractivity contribution in [2.75, 3.05) is 10.6 Å². The molecule has 21 heavy (non-hydrogen) atoms. The van der Waals surface area contributed by atoms with Crippen LogP contribution in [0.5, 0.6) is 0 Å². The Balaban J connectivity index is 2.17. The van der Waals surface area contributed by atoms with Crippen LogP contribution in [0.25, 0.3) is 0 Å². The van der Waals surface area contributed by atoms with E-state index in [1.165, 1.54) is 12.1 Å². The van der Waals surface area contributed by atoms with Gasteiger partial charge >= 0.3 is 0 Å². The average molecular weight is 277 g/mol. The number of carbonyl (C=O) groups is 2. The summed E-state index contributed by atoms with van der Waals surface area (Å²) in [7, 11) is 0. The van der Waals surface area contributed by atoms with E-state index in [-0.39, 0.29) is 11.3 Å². The van der Waals surface area contributed by atoms with Crippen molar-refractivity contribution in [2.45, 2.75) is 6.92 Å². The number of benzene rings is 2. The Hall–Kier alpha value is -3.13. The number of hydrogen-bond donors (Lipinski definition) is 1. The Morgan fingerprint density at radius 2 is 1.76 bits per heavy atom. The Labute approximate surface area is 121 Å². The Bertz CT molecular complexity index is 834. The molecular weight excluding hydrogens is 266 g/mol. The first-order valence-electron chi connectivity index (χ1n) is 6.32. The van der Waals surface area contributed by atoms with Crippen LogP contribution in [0.4, 0.5) is 11.4 Å². The van der Waals surface area contributed by atoms with Crippen molar-refractivity contribution in [3.8, 4) is 6.07 Å². The quantitative estimate of drug-likeness (QED) is 0.639. The zero-order valence-corrected chi connectivity index (χ0v) is 11.3. The van der Waals surface area contributed by atoms with E-state index in [9.17, 15) is 14.9 Å². The predicted octanol–water partition coefficient (Wildman–Crippen LogP) is 2.25. The molecule has 5 nitrogen and oxygen atoms in total. The number of nitrogen functional groups attached to an aromatic ring is 1. The minimum Gasteiger partial charge on any atom is -0.399 e. The monoisotopic (exact) mass is 277 g/mol. The first kappa shape index (κ1) is 12.9. The molecule has 0 aromatic heterocycles. The number of nitriles is 1. The van der Waals surface area contributed by atoms with E-state index in [0.29, 0.717) is 16.8 Å². The molecule has 3 rings (SSSR count). The predicted molar refractivity (Wildman–Crippen MR) is 77.9 cm³/mol. The van der Waals surface area contributed by atoms with Gasteiger partial charge in [-0.2, -0.15) is 5.26 Å². The van der Waals surface area contributed by atoms with Crippen LogP contribution in [0.15, 0.2) is 36.4 Å². The first-order chi connectivity index (χ1) is 10.0. The van der Waals surface area contributed by atoms with Crippen molar-refractivity contribution in [2.24, 2.45) is 0 Å². The van der Waals surface area contributed by atoms with Crippen LogP contribution in [0.1, 0.15) is 31.8 Å². The molecule has 1 aliphatic heterocycles. The van der Waals surface area contributed by atoms with Crippen molar-refractivity contribution in [1.29, 1.82) is 5.26 Å². The fourth-order valence-corrected chi connectivity index (χ4v) is 2.41. The Morgan fingerprint density at radius 3 is 2.48 bits per heavy atom. The second-order valence-electron chi connectivity index (χ2n) is 4.88. The molecule has 0 saturated heterocycles. The van der Waals surface area contributed by atoms with E-state index < -0.39 is 11.8 Å². The molecule has 0 unspecified atom stereocenters. The Morgan fingerprint density at radius 1 is 1.05 bits per heavy atom. The van der Waals surface area contributed by atoms with Crippen molar-refractivity contribution in [3.63, 3.8) is 0 Å². The van der Waals surface area contributed by atoms with Gasteiger partial charge in [-0.05, 0) is 37.3 Å². The second kappa shape index (κ2) is 4.46. The molecule has 0 atom stereocenters. The summed E-state index contributed by atoms with van der Waals surface area (Å²) in [6, 6.07) is 11.6. The van der Waals surface area contributed by atoms with E-state index >= 15 is 0 Å². The van der Waals surface area contributed by atoms with Gasteiger partial charge in [0.15, 0.2) is 0 Å². The molecule has 2 aromatic rings. The van der Waals surface area contributed by atoms with E-state index in [1.54, 1.807) is 24.3 Å². The van der Waals surface area contributed by atoms with Gasteiger partial charge in [0.1, 0.15) is 6.07 Å². The molecule has 0 bridgehead atoms. The van der Waals surface area contributed by atoms with Crippen LogP contribution < -0.4 is 10.6 Å². The number of rotatable bonds is 1. The molecular formula is C16H11N3O2. The van der Waals surface area contributed by atoms with E-state index in [0.717, 1.165) is 10.5 Å². The molecule has 2 amide bonds. The fourth-order valence-electron chi connectivity index (χ4n) is 2.41. The second-order valence-corrected chi connectivity index (χ2v) is 4.88. The maximum atomic E-state index is 12.5. The number of carbonyl (C=O) groups excluding carboxylic acids is 2. The summed E-state index contributed by atoms with van der Waals surface area (Å²) in [4.78, 5) is 25.9. The highest BCUT2D eigenvalue weighted by Crippen LogP contribution is 2.31. The average Bonchev–Trinajstić information content (AvgIpc) is 2.71. The molecule has 2 aromatic carbocycles. The zero-order chi connectivity index (χ0) is 15.1. The lowest BCUT2D eigenvalue weighted by atomic mass is 10.1. The largest absolute Gasteiger partial charge is 0.399 e. The minimum atomic E-state index is -0.420. The summed E-state index contributed by atoms with van der Waals surface area (Å²) < 4.78 is 0. The molecule has 0 spiro atoms. The Kier molecular flexibility index (Phi) is 2.73. The highest BCUT2D eigenvalue weighted by molar-refractivity contribution is 6.34. The number of imide groups is 1. The number of nitrogens with zero attached hydrogens (tertiary/aromatic N) is 2. The molecule has 0 saturated carbocycles. The SMILES string of the molecule is Cc1ccc2c(c1)C(=O)N(c1ccc(N)cc1C#N)C2=O. The molecule has 102 valence electrons. The highest BCUT2D eigenvalue weighted by Gasteiger charge is 2.37. The summed E-state index contributed by atoms with van der Waals surface area (Å²) in [5, 5.41) is 9.18. The number of amides is 2. The maximum absolute atomic E-state index is 12.5. The summed E-state index contributed by atoms with van der Waals surface area (Å²) in [5.41, 5.74) is 8.11. The molecule has 0 fully saturated rings. The van der Waals surface area contributed by atoms with E-state index in [2.05, 4.69) is 0 Å². The third-order valence-electron chi connectivity index (χ3n) is 3.42. The van der Waals surface area contributed by atoms with Crippen LogP contribution in [0.2, 0.25) is 0 Å². The van der Waals surface area contributed by atoms with Crippen LogP contribution >= 0.6 is 0 Å². The summed E-state index contributed by atoms with van der Waals surface area (Å²) >= 11 is 0. The third-order valence-corrected chi connectivity index (χ3v) is 3.42. The van der Waals surface area contributed by atoms with Gasteiger partial charge in [0.25, 0.3) is 11.8 Å². The van der Waals surface area contributed by atoms with Gasteiger partial charge in [0.05, 0.1) is 22.4 Å². The zero-order valence-electron chi connectivity index (χ0n) is 11.3. The van der Waals surface area contributed by atoms with E-state index in [1.807, 2.05) is 13.0 Å². The smallest absolute Gasteiger partial charge is 0.266 e. The number of nitrogens with two attached hydrogens (primary N) is 1. The molecule has 1 aliphatic rings. The topological polar surface area (TPSA) is 87.2 Å². The van der Waals surface area contributed by atoms with Gasteiger partial charge in [-0.25, -0.2) is 4.90 Å². The fraction of sp³-hybridized carbons (Fsp3) is 0.0625. The van der Waals surface area contributed by atoms with Crippen molar-refractivity contribution < 1.29 is 9.59 Å². The lowest BCUT2D eigenvalue weighted by molar-refractivity contribution is 0.0926. The normalized spacial score (nSPS) is 13.2. The molecule has 5 heteroatoms. The highest BCUT2D eigenvalue weighted by atomic mass is 16.2. The van der Waals surface area contributed by atoms with Crippen molar-refractivity contribution in [3.05, 3.63) is 58.7 Å². The van der Waals surface area contributed by atoms with Crippen molar-refractivity contribution >= 4 is 23.2 Å².